The SMILES string of the molecule is CCC(CC)N(CCO)CCCC(=O)c1cccs1. The number of carbonyl (C=O) groups is 1. The fraction of sp³-hybridized carbons (Fsp3) is 0.667. The van der Waals surface area contributed by atoms with Gasteiger partial charge in [-0.3, -0.25) is 9.69 Å². The second-order valence-electron chi connectivity index (χ2n) is 4.73. The lowest BCUT2D eigenvalue weighted by Gasteiger charge is -2.29. The van der Waals surface area contributed by atoms with Crippen molar-refractivity contribution in [2.45, 2.75) is 45.6 Å². The molecule has 0 bridgehead atoms. The average Bonchev–Trinajstić information content (AvgIpc) is 2.94. The van der Waals surface area contributed by atoms with Gasteiger partial charge in [-0.15, -0.1) is 11.3 Å². The molecule has 0 aromatic carbocycles. The van der Waals surface area contributed by atoms with Crippen LogP contribution in [0.3, 0.4) is 0 Å². The van der Waals surface area contributed by atoms with E-state index in [0.29, 0.717) is 19.0 Å². The largest absolute Gasteiger partial charge is 0.395 e. The predicted octanol–water partition coefficient (Wildman–Crippen LogP) is 3.19. The van der Waals surface area contributed by atoms with Crippen molar-refractivity contribution in [2.24, 2.45) is 0 Å². The van der Waals surface area contributed by atoms with E-state index >= 15 is 0 Å². The number of hydrogen-bond donors (Lipinski definition) is 1. The van der Waals surface area contributed by atoms with Gasteiger partial charge in [0.05, 0.1) is 11.5 Å². The van der Waals surface area contributed by atoms with Crippen LogP contribution in [0, 0.1) is 0 Å². The number of aliphatic hydroxyl groups excluding tert-OH is 1. The average molecular weight is 283 g/mol. The molecule has 1 aromatic rings. The van der Waals surface area contributed by atoms with Crippen LogP contribution in [0.4, 0.5) is 0 Å². The standard InChI is InChI=1S/C15H25NO2S/c1-3-13(4-2)16(10-11-17)9-5-7-14(18)15-8-6-12-19-15/h6,8,12-13,17H,3-5,7,9-11H2,1-2H3. The molecule has 1 aromatic heterocycles. The molecular formula is C15H25NO2S. The molecule has 0 saturated heterocycles. The van der Waals surface area contributed by atoms with Crippen LogP contribution in [0.25, 0.3) is 0 Å². The van der Waals surface area contributed by atoms with Crippen LogP contribution in [0.5, 0.6) is 0 Å². The van der Waals surface area contributed by atoms with Gasteiger partial charge in [-0.25, -0.2) is 0 Å². The van der Waals surface area contributed by atoms with Crippen LogP contribution in [0.1, 0.15) is 49.2 Å². The van der Waals surface area contributed by atoms with Crippen LogP contribution in [0.2, 0.25) is 0 Å². The highest BCUT2D eigenvalue weighted by Crippen LogP contribution is 2.14. The summed E-state index contributed by atoms with van der Waals surface area (Å²) in [6.07, 6.45) is 3.65. The highest BCUT2D eigenvalue weighted by Gasteiger charge is 2.15. The predicted molar refractivity (Wildman–Crippen MR) is 80.9 cm³/mol. The zero-order valence-electron chi connectivity index (χ0n) is 12.0. The molecule has 4 heteroatoms. The maximum atomic E-state index is 11.9. The Morgan fingerprint density at radius 2 is 2.11 bits per heavy atom. The van der Waals surface area contributed by atoms with E-state index in [-0.39, 0.29) is 12.4 Å². The minimum Gasteiger partial charge on any atom is -0.395 e. The van der Waals surface area contributed by atoms with Crippen molar-refractivity contribution in [1.29, 1.82) is 0 Å². The smallest absolute Gasteiger partial charge is 0.172 e. The van der Waals surface area contributed by atoms with Gasteiger partial charge in [0.1, 0.15) is 0 Å². The van der Waals surface area contributed by atoms with Crippen LogP contribution >= 0.6 is 11.3 Å². The molecule has 0 fully saturated rings. The Labute approximate surface area is 120 Å². The zero-order chi connectivity index (χ0) is 14.1. The van der Waals surface area contributed by atoms with Gasteiger partial charge in [0.25, 0.3) is 0 Å². The van der Waals surface area contributed by atoms with Crippen LogP contribution < -0.4 is 0 Å². The number of thiophene rings is 1. The van der Waals surface area contributed by atoms with Crippen molar-refractivity contribution >= 4 is 17.1 Å². The van der Waals surface area contributed by atoms with Crippen molar-refractivity contribution in [3.8, 4) is 0 Å². The van der Waals surface area contributed by atoms with E-state index < -0.39 is 0 Å². The van der Waals surface area contributed by atoms with E-state index in [1.807, 2.05) is 17.5 Å². The lowest BCUT2D eigenvalue weighted by molar-refractivity contribution is 0.0966. The molecule has 0 radical (unpaired) electrons. The molecule has 0 aliphatic carbocycles. The second-order valence-corrected chi connectivity index (χ2v) is 5.68. The molecule has 0 unspecified atom stereocenters. The van der Waals surface area contributed by atoms with E-state index in [0.717, 1.165) is 30.7 Å². The van der Waals surface area contributed by atoms with Crippen molar-refractivity contribution in [3.63, 3.8) is 0 Å². The summed E-state index contributed by atoms with van der Waals surface area (Å²) in [6.45, 7) is 6.14. The molecule has 19 heavy (non-hydrogen) atoms. The topological polar surface area (TPSA) is 40.5 Å². The summed E-state index contributed by atoms with van der Waals surface area (Å²) in [7, 11) is 0. The lowest BCUT2D eigenvalue weighted by Crippen LogP contribution is -2.37. The minimum absolute atomic E-state index is 0.190. The van der Waals surface area contributed by atoms with Gasteiger partial charge in [0.2, 0.25) is 0 Å². The fourth-order valence-electron chi connectivity index (χ4n) is 2.41. The Kier molecular flexibility index (Phi) is 7.94. The number of ketones is 1. The molecular weight excluding hydrogens is 258 g/mol. The monoisotopic (exact) mass is 283 g/mol. The summed E-state index contributed by atoms with van der Waals surface area (Å²) in [5.74, 6) is 0.239. The summed E-state index contributed by atoms with van der Waals surface area (Å²) in [4.78, 5) is 15.1. The lowest BCUT2D eigenvalue weighted by atomic mass is 10.1. The first kappa shape index (κ1) is 16.3. The number of rotatable bonds is 10. The van der Waals surface area contributed by atoms with Crippen molar-refractivity contribution < 1.29 is 9.90 Å². The number of Topliss-reactive ketones (excluding diaryl/α,β-unsaturated/α-hetero) is 1. The molecule has 0 atom stereocenters. The minimum atomic E-state index is 0.190. The molecule has 0 spiro atoms. The quantitative estimate of drug-likeness (QED) is 0.670. The molecule has 1 N–H and O–H groups in total. The maximum absolute atomic E-state index is 11.9. The Morgan fingerprint density at radius 1 is 1.37 bits per heavy atom. The number of aliphatic hydroxyl groups is 1. The first-order valence-electron chi connectivity index (χ1n) is 7.14. The van der Waals surface area contributed by atoms with Crippen LogP contribution in [0.15, 0.2) is 17.5 Å². The summed E-state index contributed by atoms with van der Waals surface area (Å²) in [5.41, 5.74) is 0. The molecule has 0 saturated carbocycles. The molecule has 0 aliphatic rings. The van der Waals surface area contributed by atoms with Crippen molar-refractivity contribution in [1.82, 2.24) is 4.90 Å². The summed E-state index contributed by atoms with van der Waals surface area (Å²) < 4.78 is 0. The van der Waals surface area contributed by atoms with Crippen LogP contribution in [-0.2, 0) is 0 Å². The van der Waals surface area contributed by atoms with Gasteiger partial charge < -0.3 is 5.11 Å². The highest BCUT2D eigenvalue weighted by molar-refractivity contribution is 7.12. The Bertz CT molecular complexity index is 347. The third-order valence-electron chi connectivity index (χ3n) is 3.49. The summed E-state index contributed by atoms with van der Waals surface area (Å²) in [5, 5.41) is 11.1. The number of nitrogens with zero attached hydrogens (tertiary/aromatic N) is 1. The molecule has 3 nitrogen and oxygen atoms in total. The fourth-order valence-corrected chi connectivity index (χ4v) is 3.11. The molecule has 1 rings (SSSR count). The highest BCUT2D eigenvalue weighted by atomic mass is 32.1. The van der Waals surface area contributed by atoms with Gasteiger partial charge in [0.15, 0.2) is 5.78 Å². The molecule has 1 heterocycles. The molecule has 0 amide bonds. The first-order valence-corrected chi connectivity index (χ1v) is 8.02. The third kappa shape index (κ3) is 5.43. The van der Waals surface area contributed by atoms with E-state index in [9.17, 15) is 4.79 Å². The van der Waals surface area contributed by atoms with Gasteiger partial charge in [-0.1, -0.05) is 19.9 Å². The van der Waals surface area contributed by atoms with Crippen molar-refractivity contribution in [2.75, 3.05) is 19.7 Å². The zero-order valence-corrected chi connectivity index (χ0v) is 12.8. The third-order valence-corrected chi connectivity index (χ3v) is 4.40. The molecule has 0 aliphatic heterocycles. The van der Waals surface area contributed by atoms with Crippen LogP contribution in [-0.4, -0.2) is 41.5 Å². The normalized spacial score (nSPS) is 11.4. The summed E-state index contributed by atoms with van der Waals surface area (Å²) >= 11 is 1.51. The van der Waals surface area contributed by atoms with Crippen molar-refractivity contribution in [3.05, 3.63) is 22.4 Å². The van der Waals surface area contributed by atoms with Gasteiger partial charge in [-0.2, -0.15) is 0 Å². The van der Waals surface area contributed by atoms with E-state index in [4.69, 9.17) is 5.11 Å². The van der Waals surface area contributed by atoms with Gasteiger partial charge in [0, 0.05) is 19.0 Å². The Morgan fingerprint density at radius 3 is 2.63 bits per heavy atom. The molecule has 108 valence electrons. The van der Waals surface area contributed by atoms with E-state index in [1.165, 1.54) is 11.3 Å². The number of carbonyl (C=O) groups excluding carboxylic acids is 1. The number of hydrogen-bond acceptors (Lipinski definition) is 4. The second kappa shape index (κ2) is 9.23. The van der Waals surface area contributed by atoms with Gasteiger partial charge >= 0.3 is 0 Å². The summed E-state index contributed by atoms with van der Waals surface area (Å²) in [6, 6.07) is 4.32. The maximum Gasteiger partial charge on any atom is 0.172 e. The first-order chi connectivity index (χ1) is 9.22. The Balaban J connectivity index is 2.37. The van der Waals surface area contributed by atoms with E-state index in [2.05, 4.69) is 18.7 Å². The van der Waals surface area contributed by atoms with Gasteiger partial charge in [-0.05, 0) is 37.3 Å². The van der Waals surface area contributed by atoms with E-state index in [1.54, 1.807) is 0 Å². The Hall–Kier alpha value is -0.710.